The van der Waals surface area contributed by atoms with Crippen LogP contribution in [-0.2, 0) is 14.0 Å². The molecule has 23 heavy (non-hydrogen) atoms. The highest BCUT2D eigenvalue weighted by Crippen LogP contribution is 2.37. The molecule has 0 N–H and O–H groups in total. The Morgan fingerprint density at radius 1 is 1.09 bits per heavy atom. The SMILES string of the molecule is COc1cc(B2OC(C)(C)C(C)(C)O2)cc(C2CCOCC2)n1. The molecule has 0 aliphatic carbocycles. The number of ether oxygens (including phenoxy) is 2. The summed E-state index contributed by atoms with van der Waals surface area (Å²) in [4.78, 5) is 4.63. The fourth-order valence-corrected chi connectivity index (χ4v) is 2.97. The smallest absolute Gasteiger partial charge is 0.481 e. The normalized spacial score (nSPS) is 24.0. The molecule has 5 nitrogen and oxygen atoms in total. The van der Waals surface area contributed by atoms with Crippen LogP contribution in [-0.4, -0.2) is 43.6 Å². The largest absolute Gasteiger partial charge is 0.495 e. The maximum absolute atomic E-state index is 6.16. The fourth-order valence-electron chi connectivity index (χ4n) is 2.97. The van der Waals surface area contributed by atoms with Crippen molar-refractivity contribution in [2.75, 3.05) is 20.3 Å². The second-order valence-corrected chi connectivity index (χ2v) is 7.34. The van der Waals surface area contributed by atoms with Gasteiger partial charge >= 0.3 is 7.12 Å². The van der Waals surface area contributed by atoms with E-state index in [1.165, 1.54) is 0 Å². The lowest BCUT2D eigenvalue weighted by Gasteiger charge is -2.32. The van der Waals surface area contributed by atoms with Gasteiger partial charge in [-0.15, -0.1) is 0 Å². The number of hydrogen-bond acceptors (Lipinski definition) is 5. The summed E-state index contributed by atoms with van der Waals surface area (Å²) in [5, 5.41) is 0. The van der Waals surface area contributed by atoms with Crippen LogP contribution in [0.1, 0.15) is 52.1 Å². The van der Waals surface area contributed by atoms with Crippen LogP contribution in [0.15, 0.2) is 12.1 Å². The quantitative estimate of drug-likeness (QED) is 0.800. The molecule has 0 saturated carbocycles. The molecule has 2 fully saturated rings. The molecule has 0 radical (unpaired) electrons. The molecule has 0 bridgehead atoms. The second kappa shape index (κ2) is 6.08. The Bertz CT molecular complexity index is 554. The van der Waals surface area contributed by atoms with E-state index in [1.54, 1.807) is 7.11 Å². The van der Waals surface area contributed by atoms with Crippen molar-refractivity contribution in [3.05, 3.63) is 17.8 Å². The van der Waals surface area contributed by atoms with Gasteiger partial charge in [-0.2, -0.15) is 0 Å². The minimum Gasteiger partial charge on any atom is -0.481 e. The average molecular weight is 319 g/mol. The van der Waals surface area contributed by atoms with Crippen molar-refractivity contribution in [1.82, 2.24) is 4.98 Å². The van der Waals surface area contributed by atoms with Crippen molar-refractivity contribution in [2.24, 2.45) is 0 Å². The van der Waals surface area contributed by atoms with Crippen molar-refractivity contribution in [2.45, 2.75) is 57.7 Å². The van der Waals surface area contributed by atoms with Gasteiger partial charge in [0.1, 0.15) is 0 Å². The van der Waals surface area contributed by atoms with Gasteiger partial charge < -0.3 is 18.8 Å². The van der Waals surface area contributed by atoms with E-state index in [0.29, 0.717) is 11.8 Å². The average Bonchev–Trinajstić information content (AvgIpc) is 2.76. The molecule has 126 valence electrons. The molecule has 1 aromatic rings. The van der Waals surface area contributed by atoms with Gasteiger partial charge in [0.05, 0.1) is 18.3 Å². The number of pyridine rings is 1. The monoisotopic (exact) mass is 319 g/mol. The molecule has 0 atom stereocenters. The summed E-state index contributed by atoms with van der Waals surface area (Å²) in [6, 6.07) is 4.01. The molecule has 0 aromatic carbocycles. The van der Waals surface area contributed by atoms with E-state index in [0.717, 1.165) is 37.2 Å². The molecule has 3 rings (SSSR count). The molecule has 0 unspecified atom stereocenters. The first-order chi connectivity index (χ1) is 10.8. The van der Waals surface area contributed by atoms with Crippen LogP contribution in [0, 0.1) is 0 Å². The Balaban J connectivity index is 1.90. The minimum atomic E-state index is -0.393. The third-order valence-corrected chi connectivity index (χ3v) is 5.22. The molecule has 3 heterocycles. The first-order valence-corrected chi connectivity index (χ1v) is 8.32. The van der Waals surface area contributed by atoms with E-state index in [-0.39, 0.29) is 11.2 Å². The Kier molecular flexibility index (Phi) is 4.42. The standard InChI is InChI=1S/C17H26BNO4/c1-16(2)17(3,4)23-18(22-16)13-10-14(19-15(11-13)20-5)12-6-8-21-9-7-12/h10-12H,6-9H2,1-5H3. The summed E-state index contributed by atoms with van der Waals surface area (Å²) in [5.74, 6) is 1.01. The highest BCUT2D eigenvalue weighted by molar-refractivity contribution is 6.62. The van der Waals surface area contributed by atoms with Gasteiger partial charge in [0, 0.05) is 30.9 Å². The topological polar surface area (TPSA) is 49.8 Å². The zero-order chi connectivity index (χ0) is 16.7. The van der Waals surface area contributed by atoms with Crippen LogP contribution < -0.4 is 10.2 Å². The zero-order valence-corrected chi connectivity index (χ0v) is 14.7. The Morgan fingerprint density at radius 2 is 1.70 bits per heavy atom. The molecule has 0 spiro atoms. The van der Waals surface area contributed by atoms with Gasteiger partial charge in [0.15, 0.2) is 0 Å². The minimum absolute atomic E-state index is 0.354. The van der Waals surface area contributed by atoms with Gasteiger partial charge in [-0.05, 0) is 52.1 Å². The number of nitrogens with zero attached hydrogens (tertiary/aromatic N) is 1. The first kappa shape index (κ1) is 16.7. The van der Waals surface area contributed by atoms with Crippen LogP contribution in [0.25, 0.3) is 0 Å². The fraction of sp³-hybridized carbons (Fsp3) is 0.706. The van der Waals surface area contributed by atoms with Crippen LogP contribution in [0.5, 0.6) is 5.88 Å². The van der Waals surface area contributed by atoms with Crippen LogP contribution in [0.3, 0.4) is 0 Å². The molecule has 1 aromatic heterocycles. The van der Waals surface area contributed by atoms with Crippen molar-refractivity contribution in [3.8, 4) is 5.88 Å². The highest BCUT2D eigenvalue weighted by Gasteiger charge is 2.52. The predicted molar refractivity (Wildman–Crippen MR) is 89.3 cm³/mol. The third kappa shape index (κ3) is 3.25. The highest BCUT2D eigenvalue weighted by atomic mass is 16.7. The lowest BCUT2D eigenvalue weighted by atomic mass is 9.78. The maximum Gasteiger partial charge on any atom is 0.495 e. The maximum atomic E-state index is 6.16. The molecular formula is C17H26BNO4. The molecule has 6 heteroatoms. The first-order valence-electron chi connectivity index (χ1n) is 8.32. The zero-order valence-electron chi connectivity index (χ0n) is 14.7. The second-order valence-electron chi connectivity index (χ2n) is 7.34. The van der Waals surface area contributed by atoms with Crippen LogP contribution in [0.4, 0.5) is 0 Å². The van der Waals surface area contributed by atoms with Crippen molar-refractivity contribution < 1.29 is 18.8 Å². The van der Waals surface area contributed by atoms with E-state index >= 15 is 0 Å². The van der Waals surface area contributed by atoms with Crippen molar-refractivity contribution in [1.29, 1.82) is 0 Å². The van der Waals surface area contributed by atoms with E-state index in [1.807, 2.05) is 6.07 Å². The molecular weight excluding hydrogens is 293 g/mol. The van der Waals surface area contributed by atoms with E-state index < -0.39 is 7.12 Å². The van der Waals surface area contributed by atoms with Gasteiger partial charge in [-0.3, -0.25) is 0 Å². The number of methoxy groups -OCH3 is 1. The number of aromatic nitrogens is 1. The molecule has 2 saturated heterocycles. The summed E-state index contributed by atoms with van der Waals surface area (Å²) in [6.45, 7) is 9.82. The molecule has 2 aliphatic heterocycles. The molecule has 0 amide bonds. The van der Waals surface area contributed by atoms with Gasteiger partial charge in [-0.1, -0.05) is 0 Å². The van der Waals surface area contributed by atoms with Crippen LogP contribution >= 0.6 is 0 Å². The Hall–Kier alpha value is -1.11. The third-order valence-electron chi connectivity index (χ3n) is 5.22. The van der Waals surface area contributed by atoms with E-state index in [2.05, 4.69) is 38.7 Å². The summed E-state index contributed by atoms with van der Waals surface area (Å²) in [7, 11) is 1.25. The van der Waals surface area contributed by atoms with Crippen LogP contribution in [0.2, 0.25) is 0 Å². The van der Waals surface area contributed by atoms with Gasteiger partial charge in [0.25, 0.3) is 0 Å². The van der Waals surface area contributed by atoms with Gasteiger partial charge in [-0.25, -0.2) is 4.98 Å². The summed E-state index contributed by atoms with van der Waals surface area (Å²) >= 11 is 0. The Morgan fingerprint density at radius 3 is 2.26 bits per heavy atom. The lowest BCUT2D eigenvalue weighted by Crippen LogP contribution is -2.41. The molecule has 2 aliphatic rings. The summed E-state index contributed by atoms with van der Waals surface area (Å²) in [5.41, 5.74) is 1.30. The number of hydrogen-bond donors (Lipinski definition) is 0. The summed E-state index contributed by atoms with van der Waals surface area (Å²) < 4.78 is 23.2. The number of rotatable bonds is 3. The van der Waals surface area contributed by atoms with E-state index in [9.17, 15) is 0 Å². The summed E-state index contributed by atoms with van der Waals surface area (Å²) in [6.07, 6.45) is 1.98. The van der Waals surface area contributed by atoms with Crippen molar-refractivity contribution >= 4 is 12.6 Å². The van der Waals surface area contributed by atoms with E-state index in [4.69, 9.17) is 18.8 Å². The predicted octanol–water partition coefficient (Wildman–Crippen LogP) is 2.28. The van der Waals surface area contributed by atoms with Crippen molar-refractivity contribution in [3.63, 3.8) is 0 Å². The van der Waals surface area contributed by atoms with Gasteiger partial charge in [0.2, 0.25) is 5.88 Å². The lowest BCUT2D eigenvalue weighted by molar-refractivity contribution is 0.00578. The Labute approximate surface area is 138 Å².